The summed E-state index contributed by atoms with van der Waals surface area (Å²) in [6, 6.07) is 22.7. The van der Waals surface area contributed by atoms with Crippen molar-refractivity contribution in [3.63, 3.8) is 0 Å². The molecule has 1 aromatic heterocycles. The maximum atomic E-state index is 12.8. The molecule has 0 fully saturated rings. The Labute approximate surface area is 198 Å². The number of amides is 1. The number of rotatable bonds is 6. The molecule has 1 aliphatic rings. The van der Waals surface area contributed by atoms with Crippen molar-refractivity contribution < 1.29 is 14.6 Å². The summed E-state index contributed by atoms with van der Waals surface area (Å²) in [5, 5.41) is 12.7. The van der Waals surface area contributed by atoms with E-state index in [-0.39, 0.29) is 11.7 Å². The number of aromatic hydroxyl groups is 1. The van der Waals surface area contributed by atoms with Crippen LogP contribution in [0, 0.1) is 0 Å². The summed E-state index contributed by atoms with van der Waals surface area (Å²) < 4.78 is 5.38. The number of methoxy groups -OCH3 is 1. The summed E-state index contributed by atoms with van der Waals surface area (Å²) >= 11 is 0. The second-order valence-corrected chi connectivity index (χ2v) is 8.32. The molecule has 0 atom stereocenters. The van der Waals surface area contributed by atoms with Gasteiger partial charge in [-0.05, 0) is 72.9 Å². The first kappa shape index (κ1) is 21.6. The molecule has 0 spiro atoms. The Bertz CT molecular complexity index is 1340. The standard InChI is InChI=1S/C28H25N3O3/c1-34-22-13-14-23-20(17-22)10-15-24-27(23)31-26(19-8-11-21(32)12-9-19)28(29-24)30-25(33)16-7-18-5-3-2-4-6-18/h2-6,8-9,11-14,17,32H,7,10,15-16H2,1H3,(H,29,30,33). The number of anilines is 1. The first-order valence-electron chi connectivity index (χ1n) is 11.3. The van der Waals surface area contributed by atoms with Crippen LogP contribution in [0.25, 0.3) is 22.5 Å². The van der Waals surface area contributed by atoms with Crippen LogP contribution in [0.1, 0.15) is 23.2 Å². The van der Waals surface area contributed by atoms with E-state index in [1.54, 1.807) is 31.4 Å². The molecule has 0 aliphatic heterocycles. The van der Waals surface area contributed by atoms with Crippen molar-refractivity contribution in [2.75, 3.05) is 12.4 Å². The van der Waals surface area contributed by atoms with E-state index in [1.165, 1.54) is 0 Å². The lowest BCUT2D eigenvalue weighted by Gasteiger charge is -2.21. The number of fused-ring (bicyclic) bond motifs is 3. The number of hydrogen-bond acceptors (Lipinski definition) is 5. The molecule has 34 heavy (non-hydrogen) atoms. The fourth-order valence-electron chi connectivity index (χ4n) is 4.25. The van der Waals surface area contributed by atoms with Crippen LogP contribution in [-0.4, -0.2) is 28.1 Å². The molecular weight excluding hydrogens is 426 g/mol. The van der Waals surface area contributed by atoms with E-state index >= 15 is 0 Å². The lowest BCUT2D eigenvalue weighted by atomic mass is 9.91. The highest BCUT2D eigenvalue weighted by Gasteiger charge is 2.23. The second kappa shape index (κ2) is 9.35. The molecule has 4 aromatic rings. The van der Waals surface area contributed by atoms with Crippen molar-refractivity contribution in [2.24, 2.45) is 0 Å². The monoisotopic (exact) mass is 451 g/mol. The molecule has 170 valence electrons. The maximum absolute atomic E-state index is 12.8. The number of ether oxygens (including phenoxy) is 1. The Morgan fingerprint density at radius 2 is 1.76 bits per heavy atom. The zero-order chi connectivity index (χ0) is 23.5. The van der Waals surface area contributed by atoms with Gasteiger partial charge in [-0.1, -0.05) is 30.3 Å². The van der Waals surface area contributed by atoms with E-state index in [1.807, 2.05) is 48.5 Å². The fraction of sp³-hybridized carbons (Fsp3) is 0.179. The number of aryl methyl sites for hydroxylation is 3. The Balaban J connectivity index is 1.50. The number of phenols is 1. The van der Waals surface area contributed by atoms with Gasteiger partial charge in [0.15, 0.2) is 5.82 Å². The van der Waals surface area contributed by atoms with Crippen LogP contribution in [0.3, 0.4) is 0 Å². The normalized spacial score (nSPS) is 11.9. The molecule has 0 saturated heterocycles. The molecule has 2 N–H and O–H groups in total. The first-order chi connectivity index (χ1) is 16.6. The van der Waals surface area contributed by atoms with E-state index < -0.39 is 0 Å². The highest BCUT2D eigenvalue weighted by atomic mass is 16.5. The van der Waals surface area contributed by atoms with Crippen molar-refractivity contribution in [3.8, 4) is 34.0 Å². The van der Waals surface area contributed by atoms with Crippen molar-refractivity contribution in [2.45, 2.75) is 25.7 Å². The third-order valence-electron chi connectivity index (χ3n) is 6.05. The molecule has 3 aromatic carbocycles. The summed E-state index contributed by atoms with van der Waals surface area (Å²) in [5.74, 6) is 1.32. The van der Waals surface area contributed by atoms with Crippen molar-refractivity contribution in [1.29, 1.82) is 0 Å². The topological polar surface area (TPSA) is 84.3 Å². The quantitative estimate of drug-likeness (QED) is 0.421. The molecule has 6 nitrogen and oxygen atoms in total. The van der Waals surface area contributed by atoms with Crippen LogP contribution in [-0.2, 0) is 24.1 Å². The zero-order valence-electron chi connectivity index (χ0n) is 18.9. The molecule has 1 amide bonds. The highest BCUT2D eigenvalue weighted by molar-refractivity contribution is 5.94. The summed E-state index contributed by atoms with van der Waals surface area (Å²) in [6.45, 7) is 0. The number of benzene rings is 3. The minimum atomic E-state index is -0.112. The number of phenolic OH excluding ortho intramolecular Hbond substituents is 1. The van der Waals surface area contributed by atoms with Crippen LogP contribution in [0.2, 0.25) is 0 Å². The number of carbonyl (C=O) groups is 1. The fourth-order valence-corrected chi connectivity index (χ4v) is 4.25. The summed E-state index contributed by atoms with van der Waals surface area (Å²) in [4.78, 5) is 22.7. The highest BCUT2D eigenvalue weighted by Crippen LogP contribution is 2.37. The van der Waals surface area contributed by atoms with Gasteiger partial charge < -0.3 is 15.2 Å². The average molecular weight is 452 g/mol. The third-order valence-corrected chi connectivity index (χ3v) is 6.05. The number of hydrogen-bond donors (Lipinski definition) is 2. The predicted molar refractivity (Wildman–Crippen MR) is 132 cm³/mol. The zero-order valence-corrected chi connectivity index (χ0v) is 18.9. The summed E-state index contributed by atoms with van der Waals surface area (Å²) in [6.07, 6.45) is 2.55. The number of nitrogens with one attached hydrogen (secondary N) is 1. The molecule has 0 saturated carbocycles. The third kappa shape index (κ3) is 4.48. The average Bonchev–Trinajstić information content (AvgIpc) is 2.88. The van der Waals surface area contributed by atoms with Gasteiger partial charge in [0.05, 0.1) is 18.5 Å². The minimum absolute atomic E-state index is 0.112. The van der Waals surface area contributed by atoms with Gasteiger partial charge in [0.2, 0.25) is 5.91 Å². The van der Waals surface area contributed by atoms with Gasteiger partial charge in [0.25, 0.3) is 0 Å². The summed E-state index contributed by atoms with van der Waals surface area (Å²) in [7, 11) is 1.66. The van der Waals surface area contributed by atoms with Crippen LogP contribution in [0.5, 0.6) is 11.5 Å². The molecule has 0 radical (unpaired) electrons. The minimum Gasteiger partial charge on any atom is -0.508 e. The molecule has 1 aliphatic carbocycles. The largest absolute Gasteiger partial charge is 0.508 e. The summed E-state index contributed by atoms with van der Waals surface area (Å²) in [5.41, 5.74) is 6.32. The Hall–Kier alpha value is -4.19. The number of nitrogens with zero attached hydrogens (tertiary/aromatic N) is 2. The molecule has 5 rings (SSSR count). The van der Waals surface area contributed by atoms with Gasteiger partial charge >= 0.3 is 0 Å². The van der Waals surface area contributed by atoms with Crippen LogP contribution < -0.4 is 10.1 Å². The van der Waals surface area contributed by atoms with Gasteiger partial charge in [-0.2, -0.15) is 0 Å². The van der Waals surface area contributed by atoms with Gasteiger partial charge in [-0.3, -0.25) is 4.79 Å². The van der Waals surface area contributed by atoms with Crippen LogP contribution in [0.15, 0.2) is 72.8 Å². The lowest BCUT2D eigenvalue weighted by Crippen LogP contribution is -2.17. The van der Waals surface area contributed by atoms with E-state index in [2.05, 4.69) is 5.32 Å². The smallest absolute Gasteiger partial charge is 0.225 e. The predicted octanol–water partition coefficient (Wildman–Crippen LogP) is 5.19. The van der Waals surface area contributed by atoms with Crippen molar-refractivity contribution >= 4 is 11.7 Å². The van der Waals surface area contributed by atoms with Crippen molar-refractivity contribution in [3.05, 3.63) is 89.6 Å². The van der Waals surface area contributed by atoms with Crippen LogP contribution in [0.4, 0.5) is 5.82 Å². The Kier molecular flexibility index (Phi) is 5.95. The molecule has 1 heterocycles. The Morgan fingerprint density at radius 3 is 2.53 bits per heavy atom. The van der Waals surface area contributed by atoms with Gasteiger partial charge in [-0.15, -0.1) is 0 Å². The maximum Gasteiger partial charge on any atom is 0.225 e. The lowest BCUT2D eigenvalue weighted by molar-refractivity contribution is -0.116. The van der Waals surface area contributed by atoms with E-state index in [0.29, 0.717) is 24.4 Å². The van der Waals surface area contributed by atoms with Gasteiger partial charge in [-0.25, -0.2) is 9.97 Å². The molecule has 0 unspecified atom stereocenters. The van der Waals surface area contributed by atoms with Crippen LogP contribution >= 0.6 is 0 Å². The van der Waals surface area contributed by atoms with Gasteiger partial charge in [0.1, 0.15) is 17.2 Å². The Morgan fingerprint density at radius 1 is 0.971 bits per heavy atom. The number of carbonyl (C=O) groups excluding carboxylic acids is 1. The van der Waals surface area contributed by atoms with E-state index in [9.17, 15) is 9.90 Å². The number of aromatic nitrogens is 2. The first-order valence-corrected chi connectivity index (χ1v) is 11.3. The second-order valence-electron chi connectivity index (χ2n) is 8.32. The van der Waals surface area contributed by atoms with E-state index in [4.69, 9.17) is 14.7 Å². The SMILES string of the molecule is COc1ccc2c(c1)CCc1nc(NC(=O)CCc3ccccc3)c(-c3ccc(O)cc3)nc1-2. The molecular formula is C28H25N3O3. The molecule has 6 heteroatoms. The van der Waals surface area contributed by atoms with E-state index in [0.717, 1.165) is 52.2 Å². The van der Waals surface area contributed by atoms with Gasteiger partial charge in [0, 0.05) is 17.5 Å². The molecule has 0 bridgehead atoms. The van der Waals surface area contributed by atoms with Crippen molar-refractivity contribution in [1.82, 2.24) is 9.97 Å².